The zero-order chi connectivity index (χ0) is 34.7. The lowest BCUT2D eigenvalue weighted by molar-refractivity contribution is -0.151. The minimum Gasteiger partial charge on any atom is -0.481 e. The first-order valence-corrected chi connectivity index (χ1v) is 16.4. The van der Waals surface area contributed by atoms with E-state index in [0.717, 1.165) is 12.8 Å². The van der Waals surface area contributed by atoms with Gasteiger partial charge in [0.15, 0.2) is 0 Å². The van der Waals surface area contributed by atoms with Gasteiger partial charge < -0.3 is 29.7 Å². The molecule has 2 N–H and O–H groups in total. The second kappa shape index (κ2) is 23.1. The number of carboxylic acid groups (broad SMARTS) is 1. The normalized spacial score (nSPS) is 18.5. The number of carbonyl (C=O) groups is 4. The third kappa shape index (κ3) is 13.4. The highest BCUT2D eigenvalue weighted by Crippen LogP contribution is 2.29. The lowest BCUT2D eigenvalue weighted by Gasteiger charge is -2.39. The van der Waals surface area contributed by atoms with Crippen molar-refractivity contribution < 1.29 is 33.8 Å². The monoisotopic (exact) mass is 630 g/mol. The number of hydrogen-bond acceptors (Lipinski definition) is 7. The first-order valence-electron chi connectivity index (χ1n) is 16.4. The van der Waals surface area contributed by atoms with Crippen LogP contribution in [0.4, 0.5) is 0 Å². The summed E-state index contributed by atoms with van der Waals surface area (Å²) < 4.78 is 11.3. The highest BCUT2D eigenvalue weighted by atomic mass is 16.5. The zero-order valence-electron chi connectivity index (χ0n) is 30.3. The molecule has 1 rings (SSSR count). The number of rotatable bonds is 16. The van der Waals surface area contributed by atoms with Crippen LogP contribution in [0.3, 0.4) is 0 Å². The van der Waals surface area contributed by atoms with E-state index in [-0.39, 0.29) is 54.6 Å². The van der Waals surface area contributed by atoms with Gasteiger partial charge in [-0.15, -0.1) is 0 Å². The molecule has 0 spiro atoms. The van der Waals surface area contributed by atoms with Crippen LogP contribution in [0.1, 0.15) is 94.4 Å². The minimum atomic E-state index is -0.967. The quantitative estimate of drug-likeness (QED) is 0.261. The summed E-state index contributed by atoms with van der Waals surface area (Å²) in [7, 11) is 8.35. The molecular weight excluding hydrogens is 564 g/mol. The van der Waals surface area contributed by atoms with Crippen LogP contribution < -0.4 is 5.32 Å². The summed E-state index contributed by atoms with van der Waals surface area (Å²) in [5.41, 5.74) is 0. The summed E-state index contributed by atoms with van der Waals surface area (Å²) in [4.78, 5) is 56.3. The Hall–Kier alpha value is -2.24. The molecule has 7 atom stereocenters. The number of ether oxygens (including phenoxy) is 2. The highest BCUT2D eigenvalue weighted by Gasteiger charge is 2.42. The van der Waals surface area contributed by atoms with Crippen LogP contribution in [-0.4, -0.2) is 122 Å². The fraction of sp³-hybridized carbons (Fsp3) is 0.879. The van der Waals surface area contributed by atoms with E-state index < -0.39 is 30.1 Å². The van der Waals surface area contributed by atoms with E-state index in [2.05, 4.69) is 19.2 Å². The third-order valence-corrected chi connectivity index (χ3v) is 8.15. The fourth-order valence-corrected chi connectivity index (χ4v) is 5.84. The van der Waals surface area contributed by atoms with Gasteiger partial charge >= 0.3 is 5.97 Å². The van der Waals surface area contributed by atoms with Crippen LogP contribution in [0.5, 0.6) is 0 Å². The Morgan fingerprint density at radius 1 is 0.977 bits per heavy atom. The molecule has 0 aromatic heterocycles. The predicted octanol–water partition coefficient (Wildman–Crippen LogP) is 4.14. The van der Waals surface area contributed by atoms with Gasteiger partial charge in [-0.1, -0.05) is 68.2 Å². The molecule has 1 heterocycles. The van der Waals surface area contributed by atoms with Gasteiger partial charge in [0, 0.05) is 27.8 Å². The second-order valence-electron chi connectivity index (χ2n) is 12.1. The van der Waals surface area contributed by atoms with Crippen LogP contribution in [0.15, 0.2) is 0 Å². The van der Waals surface area contributed by atoms with Crippen molar-refractivity contribution in [3.05, 3.63) is 0 Å². The number of aliphatic carboxylic acids is 1. The molecule has 0 radical (unpaired) electrons. The molecule has 0 aliphatic carbocycles. The first kappa shape index (κ1) is 43.9. The number of likely N-dealkylation sites (tertiary alicyclic amines) is 1. The van der Waals surface area contributed by atoms with Gasteiger partial charge in [0.05, 0.1) is 49.2 Å². The van der Waals surface area contributed by atoms with Gasteiger partial charge in [0.1, 0.15) is 0 Å². The number of carboxylic acids is 1. The molecule has 0 aromatic carbocycles. The molecule has 11 nitrogen and oxygen atoms in total. The van der Waals surface area contributed by atoms with Gasteiger partial charge in [0.2, 0.25) is 17.7 Å². The number of amides is 3. The summed E-state index contributed by atoms with van der Waals surface area (Å²) in [6.07, 6.45) is 2.27. The van der Waals surface area contributed by atoms with Crippen LogP contribution >= 0.6 is 0 Å². The smallest absolute Gasteiger partial charge is 0.308 e. The number of hydrogen-bond donors (Lipinski definition) is 2. The maximum atomic E-state index is 13.5. The average Bonchev–Trinajstić information content (AvgIpc) is 3.46. The van der Waals surface area contributed by atoms with Crippen LogP contribution in [0.25, 0.3) is 0 Å². The summed E-state index contributed by atoms with van der Waals surface area (Å²) in [5, 5.41) is 12.3. The van der Waals surface area contributed by atoms with Crippen molar-refractivity contribution in [2.75, 3.05) is 48.5 Å². The molecule has 0 bridgehead atoms. The van der Waals surface area contributed by atoms with Crippen LogP contribution in [-0.2, 0) is 28.7 Å². The molecule has 7 unspecified atom stereocenters. The first-order chi connectivity index (χ1) is 20.6. The van der Waals surface area contributed by atoms with E-state index in [1.165, 1.54) is 20.6 Å². The molecule has 1 aliphatic rings. The molecule has 0 saturated carbocycles. The van der Waals surface area contributed by atoms with Crippen molar-refractivity contribution in [3.8, 4) is 0 Å². The Morgan fingerprint density at radius 2 is 1.52 bits per heavy atom. The molecule has 260 valence electrons. The van der Waals surface area contributed by atoms with Crippen molar-refractivity contribution in [2.24, 2.45) is 17.8 Å². The Labute approximate surface area is 268 Å². The van der Waals surface area contributed by atoms with Gasteiger partial charge in [0.25, 0.3) is 0 Å². The lowest BCUT2D eigenvalue weighted by Crippen LogP contribution is -2.55. The average molecular weight is 631 g/mol. The van der Waals surface area contributed by atoms with Crippen molar-refractivity contribution >= 4 is 23.7 Å². The van der Waals surface area contributed by atoms with Gasteiger partial charge in [-0.3, -0.25) is 24.1 Å². The molecule has 1 fully saturated rings. The Morgan fingerprint density at radius 3 is 1.93 bits per heavy atom. The highest BCUT2D eigenvalue weighted by molar-refractivity contribution is 5.87. The fourth-order valence-electron chi connectivity index (χ4n) is 5.84. The van der Waals surface area contributed by atoms with Crippen LogP contribution in [0, 0.1) is 17.8 Å². The zero-order valence-corrected chi connectivity index (χ0v) is 30.3. The summed E-state index contributed by atoms with van der Waals surface area (Å²) in [6.45, 7) is 18.2. The number of nitrogens with zero attached hydrogens (tertiary/aromatic N) is 3. The number of likely N-dealkylation sites (N-methyl/N-ethyl adjacent to an activating group) is 2. The summed E-state index contributed by atoms with van der Waals surface area (Å²) in [5.74, 6) is -2.26. The van der Waals surface area contributed by atoms with Crippen molar-refractivity contribution in [3.63, 3.8) is 0 Å². The summed E-state index contributed by atoms with van der Waals surface area (Å²) in [6, 6.07) is -1.10. The van der Waals surface area contributed by atoms with E-state index in [0.29, 0.717) is 13.0 Å². The molecule has 3 amide bonds. The van der Waals surface area contributed by atoms with Crippen molar-refractivity contribution in [1.29, 1.82) is 0 Å². The molecule has 44 heavy (non-hydrogen) atoms. The largest absolute Gasteiger partial charge is 0.481 e. The maximum absolute atomic E-state index is 13.5. The van der Waals surface area contributed by atoms with Gasteiger partial charge in [-0.05, 0) is 45.7 Å². The SMILES string of the molecule is CC.CCC.CCC(C)C(C(CC(=O)N1CCCC1C(OC)C(C)C(=O)O)OC)N(C)C(=O)CNC(=O)C(C(C)C)N(C)C. The van der Waals surface area contributed by atoms with E-state index in [9.17, 15) is 24.3 Å². The van der Waals surface area contributed by atoms with E-state index in [1.807, 2.05) is 60.5 Å². The Bertz CT molecular complexity index is 831. The van der Waals surface area contributed by atoms with E-state index >= 15 is 0 Å². The van der Waals surface area contributed by atoms with E-state index in [1.54, 1.807) is 23.8 Å². The number of methoxy groups -OCH3 is 2. The minimum absolute atomic E-state index is 0.0192. The molecule has 0 aromatic rings. The van der Waals surface area contributed by atoms with Crippen LogP contribution in [0.2, 0.25) is 0 Å². The molecule has 1 saturated heterocycles. The molecular formula is C33H66N4O7. The Balaban J connectivity index is 0. The van der Waals surface area contributed by atoms with Gasteiger partial charge in [-0.25, -0.2) is 0 Å². The number of carbonyl (C=O) groups excluding carboxylic acids is 3. The molecule has 1 aliphatic heterocycles. The third-order valence-electron chi connectivity index (χ3n) is 8.15. The summed E-state index contributed by atoms with van der Waals surface area (Å²) >= 11 is 0. The number of nitrogens with one attached hydrogen (secondary N) is 1. The molecule has 11 heteroatoms. The topological polar surface area (TPSA) is 129 Å². The van der Waals surface area contributed by atoms with Crippen molar-refractivity contribution in [1.82, 2.24) is 20.0 Å². The Kier molecular flexibility index (Phi) is 23.1. The lowest BCUT2D eigenvalue weighted by atomic mass is 9.90. The second-order valence-corrected chi connectivity index (χ2v) is 12.1. The van der Waals surface area contributed by atoms with Crippen molar-refractivity contribution in [2.45, 2.75) is 125 Å². The standard InChI is InChI=1S/C28H52N4O7.C3H8.C2H6/c1-11-18(4)25(31(8)23(34)16-29-27(35)24(17(2)3)30(6)7)21(38-9)15-22(33)32-14-12-13-20(32)26(39-10)19(5)28(36)37;1-3-2;1-2/h17-21,24-26H,11-16H2,1-10H3,(H,29,35)(H,36,37);3H2,1-2H3;1-2H3. The predicted molar refractivity (Wildman–Crippen MR) is 176 cm³/mol. The van der Waals surface area contributed by atoms with Gasteiger partial charge in [-0.2, -0.15) is 0 Å². The maximum Gasteiger partial charge on any atom is 0.308 e. The van der Waals surface area contributed by atoms with E-state index in [4.69, 9.17) is 9.47 Å².